The van der Waals surface area contributed by atoms with E-state index in [9.17, 15) is 18.0 Å². The lowest BCUT2D eigenvalue weighted by molar-refractivity contribution is -0.131. The third kappa shape index (κ3) is 4.50. The molecule has 1 fully saturated rings. The summed E-state index contributed by atoms with van der Waals surface area (Å²) in [5.74, 6) is -1.80. The van der Waals surface area contributed by atoms with Crippen LogP contribution in [0.15, 0.2) is 53.1 Å². The van der Waals surface area contributed by atoms with Gasteiger partial charge >= 0.3 is 10.2 Å². The van der Waals surface area contributed by atoms with Gasteiger partial charge in [0.15, 0.2) is 6.33 Å². The Morgan fingerprint density at radius 3 is 2.00 bits per heavy atom. The van der Waals surface area contributed by atoms with Crippen molar-refractivity contribution in [1.29, 1.82) is 0 Å². The molecule has 4 rings (SSSR count). The summed E-state index contributed by atoms with van der Waals surface area (Å²) < 4.78 is 27.8. The van der Waals surface area contributed by atoms with Gasteiger partial charge in [-0.05, 0) is 28.1 Å². The maximum absolute atomic E-state index is 13.2. The van der Waals surface area contributed by atoms with E-state index in [2.05, 4.69) is 20.8 Å². The summed E-state index contributed by atoms with van der Waals surface area (Å²) in [5, 5.41) is 14.6. The molecule has 1 aliphatic rings. The molecule has 0 radical (unpaired) electrons. The zero-order valence-electron chi connectivity index (χ0n) is 16.0. The topological polar surface area (TPSA) is 130 Å². The van der Waals surface area contributed by atoms with Gasteiger partial charge in [0.05, 0.1) is 0 Å². The van der Waals surface area contributed by atoms with Gasteiger partial charge in [-0.15, -0.1) is 32.9 Å². The van der Waals surface area contributed by atoms with Crippen molar-refractivity contribution in [2.24, 2.45) is 0 Å². The molecule has 0 bridgehead atoms. The number of amides is 2. The maximum atomic E-state index is 13.2. The average molecular weight is 480 g/mol. The molecule has 31 heavy (non-hydrogen) atoms. The van der Waals surface area contributed by atoms with E-state index in [1.54, 1.807) is 0 Å². The highest BCUT2D eigenvalue weighted by atomic mass is 32.2. The number of hydrogen-bond acceptors (Lipinski definition) is 10. The van der Waals surface area contributed by atoms with Crippen molar-refractivity contribution in [3.8, 4) is 0 Å². The quantitative estimate of drug-likeness (QED) is 0.368. The minimum Gasteiger partial charge on any atom is -0.268 e. The van der Waals surface area contributed by atoms with Crippen LogP contribution in [0.3, 0.4) is 0 Å². The Hall–Kier alpha value is -3.10. The highest BCUT2D eigenvalue weighted by molar-refractivity contribution is 7.88. The fourth-order valence-corrected chi connectivity index (χ4v) is 5.82. The predicted octanol–water partition coefficient (Wildman–Crippen LogP) is 0.625. The van der Waals surface area contributed by atoms with Gasteiger partial charge in [0.2, 0.25) is 0 Å². The van der Waals surface area contributed by atoms with Crippen molar-refractivity contribution >= 4 is 44.7 Å². The van der Waals surface area contributed by atoms with Gasteiger partial charge in [-0.3, -0.25) is 15.0 Å². The van der Waals surface area contributed by atoms with E-state index in [0.717, 1.165) is 29.5 Å². The van der Waals surface area contributed by atoms with Crippen LogP contribution in [-0.4, -0.2) is 62.2 Å². The smallest absolute Gasteiger partial charge is 0.268 e. The highest BCUT2D eigenvalue weighted by Gasteiger charge is 2.46. The van der Waals surface area contributed by atoms with Gasteiger partial charge in [-0.2, -0.15) is 8.42 Å². The van der Waals surface area contributed by atoms with Crippen molar-refractivity contribution in [2.45, 2.75) is 12.8 Å². The summed E-state index contributed by atoms with van der Waals surface area (Å²) in [7, 11) is -4.32. The number of aromatic nitrogens is 4. The molecule has 4 heterocycles. The molecule has 0 aliphatic carbocycles. The summed E-state index contributed by atoms with van der Waals surface area (Å²) in [6, 6.07) is 7.42. The Labute approximate surface area is 185 Å². The first-order valence-electron chi connectivity index (χ1n) is 9.10. The normalized spacial score (nSPS) is 16.1. The van der Waals surface area contributed by atoms with Crippen LogP contribution >= 0.6 is 22.7 Å². The third-order valence-corrected chi connectivity index (χ3v) is 8.11. The van der Waals surface area contributed by atoms with Crippen LogP contribution in [0.2, 0.25) is 0 Å². The molecule has 0 saturated carbocycles. The van der Waals surface area contributed by atoms with Crippen LogP contribution in [-0.2, 0) is 32.6 Å². The number of carbonyl (C=O) groups is 2. The predicted molar refractivity (Wildman–Crippen MR) is 114 cm³/mol. The van der Waals surface area contributed by atoms with E-state index in [1.807, 2.05) is 35.0 Å². The number of rotatable bonds is 8. The van der Waals surface area contributed by atoms with Crippen molar-refractivity contribution in [2.75, 3.05) is 18.5 Å². The van der Waals surface area contributed by atoms with Gasteiger partial charge < -0.3 is 0 Å². The van der Waals surface area contributed by atoms with Gasteiger partial charge in [-0.1, -0.05) is 17.0 Å². The van der Waals surface area contributed by atoms with E-state index >= 15 is 0 Å². The number of nitrogens with zero attached hydrogens (tertiary/aromatic N) is 6. The second-order valence-corrected chi connectivity index (χ2v) is 10.2. The van der Waals surface area contributed by atoms with Gasteiger partial charge in [0.25, 0.3) is 11.8 Å². The highest BCUT2D eigenvalue weighted by Crippen LogP contribution is 2.24. The van der Waals surface area contributed by atoms with E-state index in [-0.39, 0.29) is 18.7 Å². The minimum atomic E-state index is -4.32. The molecule has 0 spiro atoms. The van der Waals surface area contributed by atoms with Crippen molar-refractivity contribution in [1.82, 2.24) is 28.9 Å². The number of carbonyl (C=O) groups excluding carboxylic acids is 2. The molecule has 2 amide bonds. The first-order valence-corrected chi connectivity index (χ1v) is 12.3. The molecule has 0 unspecified atom stereocenters. The second kappa shape index (κ2) is 8.95. The fourth-order valence-electron chi connectivity index (χ4n) is 2.93. The fraction of sp³-hybridized carbons (Fsp3) is 0.235. The van der Waals surface area contributed by atoms with E-state index in [1.165, 1.54) is 29.0 Å². The number of nitrogens with one attached hydrogen (secondary N) is 1. The summed E-state index contributed by atoms with van der Waals surface area (Å²) in [6.07, 6.45) is 2.96. The molecule has 14 heteroatoms. The molecule has 1 N–H and O–H groups in total. The Balaban J connectivity index is 1.62. The standard InChI is InChI=1S/C17H17N7O4S3/c25-16-15(11-19-24-20-12-18-21-24)17(26)23(8-6-14-4-2-10-30-14)31(27,28)22(16)7-5-13-3-1-9-29-13/h1-4,9-12,19H,5-8H2. The van der Waals surface area contributed by atoms with Crippen molar-refractivity contribution < 1.29 is 18.0 Å². The maximum Gasteiger partial charge on any atom is 0.331 e. The van der Waals surface area contributed by atoms with Gasteiger partial charge in [-0.25, -0.2) is 8.61 Å². The Morgan fingerprint density at radius 2 is 1.55 bits per heavy atom. The van der Waals surface area contributed by atoms with E-state index in [0.29, 0.717) is 12.8 Å². The van der Waals surface area contributed by atoms with E-state index < -0.39 is 22.0 Å². The van der Waals surface area contributed by atoms with Crippen LogP contribution in [0.1, 0.15) is 9.75 Å². The van der Waals surface area contributed by atoms with Crippen LogP contribution < -0.4 is 5.43 Å². The monoisotopic (exact) mass is 479 g/mol. The molecule has 1 aliphatic heterocycles. The molecule has 162 valence electrons. The van der Waals surface area contributed by atoms with Crippen LogP contribution in [0.4, 0.5) is 0 Å². The lowest BCUT2D eigenvalue weighted by atomic mass is 10.2. The van der Waals surface area contributed by atoms with Crippen molar-refractivity contribution in [3.63, 3.8) is 0 Å². The lowest BCUT2D eigenvalue weighted by Crippen LogP contribution is -2.57. The van der Waals surface area contributed by atoms with E-state index in [4.69, 9.17) is 0 Å². The summed E-state index contributed by atoms with van der Waals surface area (Å²) in [5.41, 5.74) is 2.22. The summed E-state index contributed by atoms with van der Waals surface area (Å²) >= 11 is 2.93. The van der Waals surface area contributed by atoms with Crippen molar-refractivity contribution in [3.05, 3.63) is 62.9 Å². The largest absolute Gasteiger partial charge is 0.331 e. The Morgan fingerprint density at radius 1 is 0.968 bits per heavy atom. The summed E-state index contributed by atoms with van der Waals surface area (Å²) in [4.78, 5) is 28.8. The van der Waals surface area contributed by atoms with Gasteiger partial charge in [0.1, 0.15) is 5.57 Å². The zero-order valence-corrected chi connectivity index (χ0v) is 18.4. The first kappa shape index (κ1) is 21.1. The SMILES string of the molecule is O=C1C(=CNn2ncnn2)C(=O)N(CCc2cccs2)S(=O)(=O)N1CCc1cccs1. The first-order chi connectivity index (χ1) is 15.0. The Kier molecular flexibility index (Phi) is 6.11. The third-order valence-electron chi connectivity index (χ3n) is 4.43. The summed E-state index contributed by atoms with van der Waals surface area (Å²) in [6.45, 7) is -0.160. The van der Waals surface area contributed by atoms with Gasteiger partial charge in [0, 0.05) is 41.9 Å². The molecule has 11 nitrogen and oxygen atoms in total. The van der Waals surface area contributed by atoms with Crippen LogP contribution in [0.5, 0.6) is 0 Å². The number of hydrogen-bond donors (Lipinski definition) is 1. The zero-order chi connectivity index (χ0) is 21.8. The molecular weight excluding hydrogens is 462 g/mol. The molecule has 0 atom stereocenters. The van der Waals surface area contributed by atoms with Crippen LogP contribution in [0.25, 0.3) is 0 Å². The minimum absolute atomic E-state index is 0.0800. The molecule has 0 aromatic carbocycles. The van der Waals surface area contributed by atoms with Crippen LogP contribution in [0, 0.1) is 0 Å². The lowest BCUT2D eigenvalue weighted by Gasteiger charge is -2.35. The Bertz CT molecular complexity index is 1110. The number of tetrazole rings is 1. The second-order valence-electron chi connectivity index (χ2n) is 6.33. The molecular formula is C17H17N7O4S3. The molecule has 3 aromatic rings. The molecule has 3 aromatic heterocycles. The average Bonchev–Trinajstić information content (AvgIpc) is 3.51. The number of thiophene rings is 2. The molecule has 1 saturated heterocycles.